The first-order valence-corrected chi connectivity index (χ1v) is 6.74. The van der Waals surface area contributed by atoms with E-state index in [2.05, 4.69) is 48.8 Å². The molecule has 0 aliphatic heterocycles. The maximum absolute atomic E-state index is 5.08. The van der Waals surface area contributed by atoms with Gasteiger partial charge in [-0.1, -0.05) is 15.9 Å². The fourth-order valence-electron chi connectivity index (χ4n) is 1.41. The number of halogens is 2. The Morgan fingerprint density at radius 2 is 2.25 bits per heavy atom. The predicted molar refractivity (Wildman–Crippen MR) is 72.9 cm³/mol. The second kappa shape index (κ2) is 7.37. The summed E-state index contributed by atoms with van der Waals surface area (Å²) in [5, 5.41) is 0. The van der Waals surface area contributed by atoms with Gasteiger partial charge in [-0.3, -0.25) is 9.88 Å². The molecule has 1 rings (SSSR count). The second-order valence-corrected chi connectivity index (χ2v) is 5.93. The van der Waals surface area contributed by atoms with E-state index in [-0.39, 0.29) is 0 Å². The minimum atomic E-state index is 0.359. The molecular weight excluding hydrogens is 336 g/mol. The van der Waals surface area contributed by atoms with Gasteiger partial charge >= 0.3 is 0 Å². The lowest BCUT2D eigenvalue weighted by molar-refractivity contribution is 0.184. The van der Waals surface area contributed by atoms with E-state index in [4.69, 9.17) is 4.74 Å². The van der Waals surface area contributed by atoms with Crippen LogP contribution in [0.3, 0.4) is 0 Å². The molecule has 0 aliphatic carbocycles. The topological polar surface area (TPSA) is 25.4 Å². The summed E-state index contributed by atoms with van der Waals surface area (Å²) in [6.45, 7) is 2.50. The van der Waals surface area contributed by atoms with Crippen LogP contribution in [0.25, 0.3) is 0 Å². The zero-order valence-corrected chi connectivity index (χ0v) is 12.7. The van der Waals surface area contributed by atoms with E-state index >= 15 is 0 Å². The summed E-state index contributed by atoms with van der Waals surface area (Å²) in [5.74, 6) is 0. The molecule has 0 aromatic carbocycles. The molecular formula is C11H16Br2N2O. The summed E-state index contributed by atoms with van der Waals surface area (Å²) in [5.41, 5.74) is 1.07. The number of methoxy groups -OCH3 is 1. The minimum absolute atomic E-state index is 0.359. The average molecular weight is 352 g/mol. The minimum Gasteiger partial charge on any atom is -0.383 e. The van der Waals surface area contributed by atoms with E-state index in [1.165, 1.54) is 0 Å². The standard InChI is InChI=1S/C11H16Br2N2O/c1-15(6-10(13)8-16-2)7-11-4-3-9(12)5-14-11/h3-5,10H,6-8H2,1-2H3. The molecule has 1 heterocycles. The first-order valence-electron chi connectivity index (χ1n) is 5.04. The Kier molecular flexibility index (Phi) is 6.49. The fourth-order valence-corrected chi connectivity index (χ4v) is 2.41. The Labute approximate surface area is 113 Å². The molecule has 3 nitrogen and oxygen atoms in total. The third-order valence-electron chi connectivity index (χ3n) is 2.08. The first kappa shape index (κ1) is 14.1. The fraction of sp³-hybridized carbons (Fsp3) is 0.545. The number of nitrogens with zero attached hydrogens (tertiary/aromatic N) is 2. The predicted octanol–water partition coefficient (Wildman–Crippen LogP) is 2.69. The highest BCUT2D eigenvalue weighted by Gasteiger charge is 2.08. The van der Waals surface area contributed by atoms with Crippen LogP contribution in [0.4, 0.5) is 0 Å². The molecule has 1 unspecified atom stereocenters. The van der Waals surface area contributed by atoms with Gasteiger partial charge in [0.15, 0.2) is 0 Å². The molecule has 1 atom stereocenters. The number of hydrogen-bond acceptors (Lipinski definition) is 3. The lowest BCUT2D eigenvalue weighted by Crippen LogP contribution is -2.28. The van der Waals surface area contributed by atoms with Crippen LogP contribution in [0.15, 0.2) is 22.8 Å². The molecule has 0 bridgehead atoms. The summed E-state index contributed by atoms with van der Waals surface area (Å²) in [4.78, 5) is 6.91. The number of hydrogen-bond donors (Lipinski definition) is 0. The van der Waals surface area contributed by atoms with Gasteiger partial charge in [0.1, 0.15) is 0 Å². The summed E-state index contributed by atoms with van der Waals surface area (Å²) in [6.07, 6.45) is 1.82. The van der Waals surface area contributed by atoms with Gasteiger partial charge in [-0.2, -0.15) is 0 Å². The molecule has 90 valence electrons. The number of ether oxygens (including phenoxy) is 1. The average Bonchev–Trinajstić information content (AvgIpc) is 2.21. The molecule has 0 N–H and O–H groups in total. The van der Waals surface area contributed by atoms with Crippen LogP contribution in [0.5, 0.6) is 0 Å². The highest BCUT2D eigenvalue weighted by molar-refractivity contribution is 9.10. The van der Waals surface area contributed by atoms with Gasteiger partial charge in [0, 0.05) is 30.9 Å². The van der Waals surface area contributed by atoms with Crippen molar-refractivity contribution in [1.29, 1.82) is 0 Å². The van der Waals surface area contributed by atoms with Crippen LogP contribution in [0.1, 0.15) is 5.69 Å². The Balaban J connectivity index is 2.39. The van der Waals surface area contributed by atoms with Gasteiger partial charge in [-0.15, -0.1) is 0 Å². The molecule has 16 heavy (non-hydrogen) atoms. The van der Waals surface area contributed by atoms with Gasteiger partial charge in [0.25, 0.3) is 0 Å². The molecule has 0 fully saturated rings. The van der Waals surface area contributed by atoms with Gasteiger partial charge in [0.2, 0.25) is 0 Å². The second-order valence-electron chi connectivity index (χ2n) is 3.72. The van der Waals surface area contributed by atoms with Crippen molar-refractivity contribution in [3.05, 3.63) is 28.5 Å². The number of aromatic nitrogens is 1. The van der Waals surface area contributed by atoms with Crippen LogP contribution in [-0.4, -0.2) is 42.0 Å². The summed E-state index contributed by atoms with van der Waals surface area (Å²) < 4.78 is 6.09. The lowest BCUT2D eigenvalue weighted by Gasteiger charge is -2.19. The third-order valence-corrected chi connectivity index (χ3v) is 3.10. The quantitative estimate of drug-likeness (QED) is 0.737. The molecule has 1 aromatic rings. The number of rotatable bonds is 6. The van der Waals surface area contributed by atoms with Crippen LogP contribution < -0.4 is 0 Å². The Bertz CT molecular complexity index is 305. The molecule has 1 aromatic heterocycles. The van der Waals surface area contributed by atoms with E-state index < -0.39 is 0 Å². The van der Waals surface area contributed by atoms with E-state index in [1.807, 2.05) is 18.3 Å². The normalized spacial score (nSPS) is 13.1. The van der Waals surface area contributed by atoms with Gasteiger partial charge < -0.3 is 4.74 Å². The molecule has 5 heteroatoms. The zero-order chi connectivity index (χ0) is 12.0. The van der Waals surface area contributed by atoms with Crippen LogP contribution >= 0.6 is 31.9 Å². The molecule has 0 saturated carbocycles. The van der Waals surface area contributed by atoms with Crippen molar-refractivity contribution in [2.45, 2.75) is 11.4 Å². The summed E-state index contributed by atoms with van der Waals surface area (Å²) in [7, 11) is 3.79. The highest BCUT2D eigenvalue weighted by atomic mass is 79.9. The Morgan fingerprint density at radius 3 is 2.81 bits per heavy atom. The van der Waals surface area contributed by atoms with E-state index in [9.17, 15) is 0 Å². The van der Waals surface area contributed by atoms with Crippen molar-refractivity contribution in [2.24, 2.45) is 0 Å². The van der Waals surface area contributed by atoms with E-state index in [0.717, 1.165) is 29.9 Å². The third kappa shape index (κ3) is 5.39. The Hall–Kier alpha value is 0.0300. The van der Waals surface area contributed by atoms with Crippen LogP contribution in [-0.2, 0) is 11.3 Å². The van der Waals surface area contributed by atoms with Crippen LogP contribution in [0.2, 0.25) is 0 Å². The zero-order valence-electron chi connectivity index (χ0n) is 9.49. The maximum Gasteiger partial charge on any atom is 0.0600 e. The van der Waals surface area contributed by atoms with Crippen LogP contribution in [0, 0.1) is 0 Å². The maximum atomic E-state index is 5.08. The van der Waals surface area contributed by atoms with Crippen molar-refractivity contribution in [3.63, 3.8) is 0 Å². The monoisotopic (exact) mass is 350 g/mol. The van der Waals surface area contributed by atoms with Crippen molar-refractivity contribution in [3.8, 4) is 0 Å². The van der Waals surface area contributed by atoms with Gasteiger partial charge in [0.05, 0.1) is 17.1 Å². The van der Waals surface area contributed by atoms with Crippen molar-refractivity contribution in [1.82, 2.24) is 9.88 Å². The molecule has 0 spiro atoms. The summed E-state index contributed by atoms with van der Waals surface area (Å²) >= 11 is 6.94. The van der Waals surface area contributed by atoms with Crippen molar-refractivity contribution < 1.29 is 4.74 Å². The Morgan fingerprint density at radius 1 is 1.50 bits per heavy atom. The lowest BCUT2D eigenvalue weighted by atomic mass is 10.3. The largest absolute Gasteiger partial charge is 0.383 e. The number of alkyl halides is 1. The van der Waals surface area contributed by atoms with Crippen molar-refractivity contribution >= 4 is 31.9 Å². The molecule has 0 aliphatic rings. The smallest absolute Gasteiger partial charge is 0.0600 e. The summed E-state index contributed by atoms with van der Waals surface area (Å²) in [6, 6.07) is 4.04. The van der Waals surface area contributed by atoms with E-state index in [1.54, 1.807) is 7.11 Å². The molecule has 0 saturated heterocycles. The van der Waals surface area contributed by atoms with Crippen molar-refractivity contribution in [2.75, 3.05) is 27.3 Å². The van der Waals surface area contributed by atoms with Gasteiger partial charge in [-0.05, 0) is 35.1 Å². The molecule has 0 radical (unpaired) electrons. The van der Waals surface area contributed by atoms with E-state index in [0.29, 0.717) is 4.83 Å². The van der Waals surface area contributed by atoms with Gasteiger partial charge in [-0.25, -0.2) is 0 Å². The first-order chi connectivity index (χ1) is 7.61. The molecule has 0 amide bonds. The highest BCUT2D eigenvalue weighted by Crippen LogP contribution is 2.09. The SMILES string of the molecule is COCC(Br)CN(C)Cc1ccc(Br)cn1. The number of pyridine rings is 1.